The van der Waals surface area contributed by atoms with Crippen molar-refractivity contribution >= 4 is 17.0 Å². The first kappa shape index (κ1) is 21.8. The van der Waals surface area contributed by atoms with Gasteiger partial charge >= 0.3 is 12.3 Å². The Morgan fingerprint density at radius 2 is 1.97 bits per heavy atom. The second-order valence-electron chi connectivity index (χ2n) is 8.71. The van der Waals surface area contributed by atoms with Gasteiger partial charge in [-0.25, -0.2) is 14.3 Å². The number of carbonyl (C=O) groups excluding carboxylic acids is 1. The minimum atomic E-state index is -4.70. The summed E-state index contributed by atoms with van der Waals surface area (Å²) >= 11 is 0. The summed E-state index contributed by atoms with van der Waals surface area (Å²) < 4.78 is 47.5. The van der Waals surface area contributed by atoms with Gasteiger partial charge in [-0.2, -0.15) is 18.3 Å². The second kappa shape index (κ2) is 7.64. The number of nitrogens with zero attached hydrogens (tertiary/aromatic N) is 3. The number of carbonyl (C=O) groups is 1. The fourth-order valence-electron chi connectivity index (χ4n) is 3.53. The normalized spacial score (nSPS) is 15.6. The van der Waals surface area contributed by atoms with Crippen molar-refractivity contribution in [2.45, 2.75) is 51.4 Å². The predicted molar refractivity (Wildman–Crippen MR) is 109 cm³/mol. The lowest BCUT2D eigenvalue weighted by atomic mass is 10.1. The van der Waals surface area contributed by atoms with Crippen LogP contribution in [0.4, 0.5) is 18.0 Å². The number of H-pyrrole nitrogens is 1. The third kappa shape index (κ3) is 4.32. The SMILES string of the molecule is CC(C)(C)OC(=O)N[C@H](c1nc2c(C(F)(F)F)cccc2c(=O)n1-c1ccn[nH]1)C1CC1. The largest absolute Gasteiger partial charge is 0.444 e. The van der Waals surface area contributed by atoms with Crippen LogP contribution in [0.25, 0.3) is 16.7 Å². The van der Waals surface area contributed by atoms with E-state index in [1.807, 2.05) is 0 Å². The van der Waals surface area contributed by atoms with E-state index < -0.39 is 40.6 Å². The Labute approximate surface area is 180 Å². The number of halogens is 3. The first-order valence-electron chi connectivity index (χ1n) is 10.1. The van der Waals surface area contributed by atoms with Gasteiger partial charge in [0.2, 0.25) is 0 Å². The van der Waals surface area contributed by atoms with Crippen LogP contribution in [-0.4, -0.2) is 31.4 Å². The second-order valence-corrected chi connectivity index (χ2v) is 8.71. The number of alkyl carbamates (subject to hydrolysis) is 1. The first-order chi connectivity index (χ1) is 15.0. The molecule has 0 bridgehead atoms. The van der Waals surface area contributed by atoms with Gasteiger partial charge in [-0.1, -0.05) is 6.07 Å². The van der Waals surface area contributed by atoms with Gasteiger partial charge in [-0.15, -0.1) is 0 Å². The summed E-state index contributed by atoms with van der Waals surface area (Å²) in [4.78, 5) is 30.1. The predicted octanol–water partition coefficient (Wildman–Crippen LogP) is 4.10. The minimum absolute atomic E-state index is 0.0168. The van der Waals surface area contributed by atoms with Gasteiger partial charge in [0.25, 0.3) is 5.56 Å². The number of rotatable bonds is 4. The van der Waals surface area contributed by atoms with Crippen LogP contribution >= 0.6 is 0 Å². The molecule has 0 spiro atoms. The molecule has 2 N–H and O–H groups in total. The van der Waals surface area contributed by atoms with Gasteiger partial charge in [-0.05, 0) is 51.7 Å². The number of fused-ring (bicyclic) bond motifs is 1. The third-order valence-corrected chi connectivity index (χ3v) is 5.00. The lowest BCUT2D eigenvalue weighted by Crippen LogP contribution is -2.39. The zero-order valence-corrected chi connectivity index (χ0v) is 17.7. The molecule has 0 saturated heterocycles. The topological polar surface area (TPSA) is 102 Å². The summed E-state index contributed by atoms with van der Waals surface area (Å²) in [6.07, 6.45) is -2.60. The van der Waals surface area contributed by atoms with Gasteiger partial charge in [0, 0.05) is 6.07 Å². The van der Waals surface area contributed by atoms with E-state index in [2.05, 4.69) is 20.5 Å². The summed E-state index contributed by atoms with van der Waals surface area (Å²) in [5.74, 6) is 0.115. The molecule has 11 heteroatoms. The molecule has 2 aromatic heterocycles. The van der Waals surface area contributed by atoms with Crippen molar-refractivity contribution in [3.05, 3.63) is 52.2 Å². The monoisotopic (exact) mass is 449 g/mol. The van der Waals surface area contributed by atoms with Crippen LogP contribution in [0.5, 0.6) is 0 Å². The van der Waals surface area contributed by atoms with Gasteiger partial charge in [0.15, 0.2) is 0 Å². The molecular formula is C21H22F3N5O3. The van der Waals surface area contributed by atoms with Crippen LogP contribution in [0.2, 0.25) is 0 Å². The van der Waals surface area contributed by atoms with Gasteiger partial charge in [0.1, 0.15) is 17.2 Å². The van der Waals surface area contributed by atoms with Crippen LogP contribution in [0, 0.1) is 5.92 Å². The van der Waals surface area contributed by atoms with Gasteiger partial charge < -0.3 is 10.1 Å². The van der Waals surface area contributed by atoms with Gasteiger partial charge in [-0.3, -0.25) is 9.89 Å². The quantitative estimate of drug-likeness (QED) is 0.624. The Hall–Kier alpha value is -3.37. The molecule has 170 valence electrons. The molecular weight excluding hydrogens is 427 g/mol. The number of aromatic nitrogens is 4. The van der Waals surface area contributed by atoms with E-state index in [-0.39, 0.29) is 22.9 Å². The third-order valence-electron chi connectivity index (χ3n) is 5.00. The average Bonchev–Trinajstić information content (AvgIpc) is 3.38. The van der Waals surface area contributed by atoms with Crippen molar-refractivity contribution in [3.63, 3.8) is 0 Å². The van der Waals surface area contributed by atoms with Crippen molar-refractivity contribution in [2.24, 2.45) is 5.92 Å². The Kier molecular flexibility index (Phi) is 5.22. The highest BCUT2D eigenvalue weighted by Gasteiger charge is 2.39. The molecule has 1 amide bonds. The Morgan fingerprint density at radius 3 is 2.53 bits per heavy atom. The van der Waals surface area contributed by atoms with Crippen LogP contribution < -0.4 is 10.9 Å². The summed E-state index contributed by atoms with van der Waals surface area (Å²) in [7, 11) is 0. The number of alkyl halides is 3. The molecule has 3 aromatic rings. The lowest BCUT2D eigenvalue weighted by molar-refractivity contribution is -0.136. The van der Waals surface area contributed by atoms with Crippen molar-refractivity contribution in [1.29, 1.82) is 0 Å². The Balaban J connectivity index is 1.94. The summed E-state index contributed by atoms with van der Waals surface area (Å²) in [5.41, 5.74) is -2.96. The van der Waals surface area contributed by atoms with E-state index in [9.17, 15) is 22.8 Å². The molecule has 1 aliphatic carbocycles. The number of benzene rings is 1. The maximum Gasteiger partial charge on any atom is 0.418 e. The fourth-order valence-corrected chi connectivity index (χ4v) is 3.53. The fraction of sp³-hybridized carbons (Fsp3) is 0.429. The van der Waals surface area contributed by atoms with E-state index in [0.717, 1.165) is 23.5 Å². The number of amides is 1. The zero-order valence-electron chi connectivity index (χ0n) is 17.7. The van der Waals surface area contributed by atoms with Crippen molar-refractivity contribution < 1.29 is 22.7 Å². The smallest absolute Gasteiger partial charge is 0.418 e. The van der Waals surface area contributed by atoms with E-state index in [1.54, 1.807) is 20.8 Å². The van der Waals surface area contributed by atoms with Crippen LogP contribution in [0.15, 0.2) is 35.3 Å². The number of hydrogen-bond donors (Lipinski definition) is 2. The Bertz CT molecular complexity index is 1210. The van der Waals surface area contributed by atoms with Crippen molar-refractivity contribution in [3.8, 4) is 5.82 Å². The molecule has 8 nitrogen and oxygen atoms in total. The highest BCUT2D eigenvalue weighted by molar-refractivity contribution is 5.82. The maximum atomic E-state index is 13.7. The molecule has 4 rings (SSSR count). The summed E-state index contributed by atoms with van der Waals surface area (Å²) in [6.45, 7) is 5.09. The molecule has 32 heavy (non-hydrogen) atoms. The van der Waals surface area contributed by atoms with E-state index >= 15 is 0 Å². The molecule has 1 atom stereocenters. The number of para-hydroxylation sites is 1. The van der Waals surface area contributed by atoms with Crippen molar-refractivity contribution in [2.75, 3.05) is 0 Å². The van der Waals surface area contributed by atoms with Crippen LogP contribution in [0.3, 0.4) is 0 Å². The molecule has 0 aliphatic heterocycles. The molecule has 1 aliphatic rings. The maximum absolute atomic E-state index is 13.7. The summed E-state index contributed by atoms with van der Waals surface area (Å²) in [5, 5.41) is 9.01. The number of ether oxygens (including phenoxy) is 1. The molecule has 2 heterocycles. The molecule has 1 fully saturated rings. The molecule has 1 aromatic carbocycles. The standard InChI is InChI=1S/C21H22F3N5O3/c1-20(2,3)32-19(31)27-15(11-7-8-11)17-26-16-12(5-4-6-13(16)21(22,23)24)18(30)29(17)14-9-10-25-28-14/h4-6,9-11,15H,7-8H2,1-3H3,(H,25,28)(H,27,31)/t15-/m0/s1. The van der Waals surface area contributed by atoms with Gasteiger partial charge in [0.05, 0.1) is 28.7 Å². The number of hydrogen-bond acceptors (Lipinski definition) is 5. The highest BCUT2D eigenvalue weighted by Crippen LogP contribution is 2.41. The molecule has 0 radical (unpaired) electrons. The number of nitrogens with one attached hydrogen (secondary N) is 2. The first-order valence-corrected chi connectivity index (χ1v) is 10.1. The van der Waals surface area contributed by atoms with E-state index in [0.29, 0.717) is 0 Å². The highest BCUT2D eigenvalue weighted by atomic mass is 19.4. The number of aromatic amines is 1. The Morgan fingerprint density at radius 1 is 1.25 bits per heavy atom. The van der Waals surface area contributed by atoms with Crippen LogP contribution in [0.1, 0.15) is 51.0 Å². The van der Waals surface area contributed by atoms with Crippen molar-refractivity contribution in [1.82, 2.24) is 25.1 Å². The molecule has 1 saturated carbocycles. The van der Waals surface area contributed by atoms with E-state index in [1.165, 1.54) is 24.4 Å². The van der Waals surface area contributed by atoms with Crippen LogP contribution in [-0.2, 0) is 10.9 Å². The minimum Gasteiger partial charge on any atom is -0.444 e. The van der Waals surface area contributed by atoms with E-state index in [4.69, 9.17) is 4.74 Å². The lowest BCUT2D eigenvalue weighted by Gasteiger charge is -2.25. The average molecular weight is 449 g/mol. The summed E-state index contributed by atoms with van der Waals surface area (Å²) in [6, 6.07) is 4.02. The molecule has 0 unspecified atom stereocenters. The zero-order chi connectivity index (χ0) is 23.3.